The van der Waals surface area contributed by atoms with Crippen LogP contribution in [0.5, 0.6) is 5.75 Å². The number of para-hydroxylation sites is 1. The van der Waals surface area contributed by atoms with Gasteiger partial charge in [-0.05, 0) is 31.9 Å². The van der Waals surface area contributed by atoms with Crippen molar-refractivity contribution in [3.05, 3.63) is 29.3 Å². The second-order valence-corrected chi connectivity index (χ2v) is 5.21. The van der Waals surface area contributed by atoms with Gasteiger partial charge in [0, 0.05) is 13.1 Å². The van der Waals surface area contributed by atoms with Gasteiger partial charge in [-0.3, -0.25) is 9.69 Å². The summed E-state index contributed by atoms with van der Waals surface area (Å²) in [5.41, 5.74) is 0. The fourth-order valence-electron chi connectivity index (χ4n) is 2.26. The number of aliphatic carboxylic acids is 1. The smallest absolute Gasteiger partial charge is 0.320 e. The van der Waals surface area contributed by atoms with Crippen molar-refractivity contribution in [1.29, 1.82) is 0 Å². The minimum atomic E-state index is -0.773. The van der Waals surface area contributed by atoms with Crippen LogP contribution in [0.25, 0.3) is 0 Å². The Morgan fingerprint density at radius 3 is 2.63 bits per heavy atom. The standard InChI is InChI=1S/C14H18ClNO3/c1-10(14(17)18)16-8-6-11(7-9-16)19-13-5-3-2-4-12(13)15/h2-5,10-11H,6-9H2,1H3,(H,17,18). The van der Waals surface area contributed by atoms with Crippen LogP contribution < -0.4 is 4.74 Å². The minimum Gasteiger partial charge on any atom is -0.489 e. The molecule has 0 bridgehead atoms. The summed E-state index contributed by atoms with van der Waals surface area (Å²) in [6.07, 6.45) is 1.75. The molecule has 5 heteroatoms. The number of halogens is 1. The molecule has 0 spiro atoms. The Hall–Kier alpha value is -1.26. The van der Waals surface area contributed by atoms with Crippen LogP contribution in [0.2, 0.25) is 5.02 Å². The van der Waals surface area contributed by atoms with Crippen molar-refractivity contribution in [1.82, 2.24) is 4.90 Å². The molecule has 1 N–H and O–H groups in total. The highest BCUT2D eigenvalue weighted by Gasteiger charge is 2.27. The molecule has 4 nitrogen and oxygen atoms in total. The first kappa shape index (κ1) is 14.2. The number of carbonyl (C=O) groups is 1. The number of piperidine rings is 1. The van der Waals surface area contributed by atoms with E-state index in [4.69, 9.17) is 21.4 Å². The van der Waals surface area contributed by atoms with Crippen LogP contribution in [0.15, 0.2) is 24.3 Å². The number of rotatable bonds is 4. The molecule has 1 saturated heterocycles. The SMILES string of the molecule is CC(C(=O)O)N1CCC(Oc2ccccc2Cl)CC1. The number of hydrogen-bond donors (Lipinski definition) is 1. The predicted molar refractivity (Wildman–Crippen MR) is 73.8 cm³/mol. The second kappa shape index (κ2) is 6.26. The average Bonchev–Trinajstić information content (AvgIpc) is 2.41. The van der Waals surface area contributed by atoms with E-state index in [1.807, 2.05) is 23.1 Å². The molecule has 0 radical (unpaired) electrons. The fourth-order valence-corrected chi connectivity index (χ4v) is 2.44. The zero-order valence-electron chi connectivity index (χ0n) is 10.9. The van der Waals surface area contributed by atoms with Gasteiger partial charge in [0.25, 0.3) is 0 Å². The topological polar surface area (TPSA) is 49.8 Å². The average molecular weight is 284 g/mol. The molecule has 1 atom stereocenters. The van der Waals surface area contributed by atoms with Crippen molar-refractivity contribution in [2.75, 3.05) is 13.1 Å². The lowest BCUT2D eigenvalue weighted by molar-refractivity contribution is -0.143. The summed E-state index contributed by atoms with van der Waals surface area (Å²) in [7, 11) is 0. The van der Waals surface area contributed by atoms with E-state index in [1.165, 1.54) is 0 Å². The Morgan fingerprint density at radius 1 is 1.42 bits per heavy atom. The Bertz CT molecular complexity index is 444. The van der Waals surface area contributed by atoms with E-state index in [0.29, 0.717) is 10.8 Å². The van der Waals surface area contributed by atoms with Gasteiger partial charge < -0.3 is 9.84 Å². The van der Waals surface area contributed by atoms with Crippen molar-refractivity contribution < 1.29 is 14.6 Å². The van der Waals surface area contributed by atoms with Crippen LogP contribution in [-0.4, -0.2) is 41.2 Å². The van der Waals surface area contributed by atoms with E-state index in [9.17, 15) is 4.79 Å². The second-order valence-electron chi connectivity index (χ2n) is 4.80. The number of benzene rings is 1. The van der Waals surface area contributed by atoms with E-state index in [2.05, 4.69) is 0 Å². The number of ether oxygens (including phenoxy) is 1. The normalized spacial score (nSPS) is 19.1. The van der Waals surface area contributed by atoms with Crippen molar-refractivity contribution in [2.24, 2.45) is 0 Å². The Kier molecular flexibility index (Phi) is 4.66. The maximum Gasteiger partial charge on any atom is 0.320 e. The van der Waals surface area contributed by atoms with Gasteiger partial charge in [0.15, 0.2) is 0 Å². The van der Waals surface area contributed by atoms with Crippen LogP contribution in [-0.2, 0) is 4.79 Å². The molecule has 1 fully saturated rings. The van der Waals surface area contributed by atoms with Crippen molar-refractivity contribution >= 4 is 17.6 Å². The maximum atomic E-state index is 10.9. The summed E-state index contributed by atoms with van der Waals surface area (Å²) in [5.74, 6) is -0.0700. The van der Waals surface area contributed by atoms with E-state index in [-0.39, 0.29) is 6.10 Å². The van der Waals surface area contributed by atoms with Gasteiger partial charge in [0.2, 0.25) is 0 Å². The summed E-state index contributed by atoms with van der Waals surface area (Å²) in [6, 6.07) is 6.99. The Morgan fingerprint density at radius 2 is 2.05 bits per heavy atom. The number of likely N-dealkylation sites (tertiary alicyclic amines) is 1. The molecule has 1 aliphatic rings. The van der Waals surface area contributed by atoms with E-state index >= 15 is 0 Å². The molecule has 1 aliphatic heterocycles. The lowest BCUT2D eigenvalue weighted by Gasteiger charge is -2.34. The van der Waals surface area contributed by atoms with Crippen LogP contribution >= 0.6 is 11.6 Å². The molecule has 1 heterocycles. The molecular formula is C14H18ClNO3. The van der Waals surface area contributed by atoms with Crippen LogP contribution in [0.1, 0.15) is 19.8 Å². The third kappa shape index (κ3) is 3.61. The van der Waals surface area contributed by atoms with Gasteiger partial charge in [0.1, 0.15) is 17.9 Å². The zero-order valence-corrected chi connectivity index (χ0v) is 11.6. The van der Waals surface area contributed by atoms with Gasteiger partial charge in [-0.25, -0.2) is 0 Å². The molecule has 2 rings (SSSR count). The molecule has 104 valence electrons. The highest BCUT2D eigenvalue weighted by atomic mass is 35.5. The molecule has 0 aliphatic carbocycles. The van der Waals surface area contributed by atoms with Crippen molar-refractivity contribution in [3.8, 4) is 5.75 Å². The summed E-state index contributed by atoms with van der Waals surface area (Å²) in [4.78, 5) is 12.9. The van der Waals surface area contributed by atoms with Crippen molar-refractivity contribution in [2.45, 2.75) is 31.9 Å². The van der Waals surface area contributed by atoms with E-state index in [1.54, 1.807) is 13.0 Å². The number of carboxylic acid groups (broad SMARTS) is 1. The Balaban J connectivity index is 1.87. The lowest BCUT2D eigenvalue weighted by Crippen LogP contribution is -2.46. The van der Waals surface area contributed by atoms with E-state index < -0.39 is 12.0 Å². The number of nitrogens with zero attached hydrogens (tertiary/aromatic N) is 1. The third-order valence-electron chi connectivity index (χ3n) is 3.51. The zero-order chi connectivity index (χ0) is 13.8. The molecule has 1 unspecified atom stereocenters. The summed E-state index contributed by atoms with van der Waals surface area (Å²) < 4.78 is 5.87. The summed E-state index contributed by atoms with van der Waals surface area (Å²) >= 11 is 6.05. The maximum absolute atomic E-state index is 10.9. The first-order valence-electron chi connectivity index (χ1n) is 6.46. The first-order chi connectivity index (χ1) is 9.08. The molecule has 19 heavy (non-hydrogen) atoms. The summed E-state index contributed by atoms with van der Waals surface area (Å²) in [5, 5.41) is 9.60. The predicted octanol–water partition coefficient (Wildman–Crippen LogP) is 2.66. The number of hydrogen-bond acceptors (Lipinski definition) is 3. The van der Waals surface area contributed by atoms with Crippen LogP contribution in [0.4, 0.5) is 0 Å². The molecular weight excluding hydrogens is 266 g/mol. The summed E-state index contributed by atoms with van der Waals surface area (Å²) in [6.45, 7) is 3.20. The Labute approximate surface area is 117 Å². The highest BCUT2D eigenvalue weighted by molar-refractivity contribution is 6.32. The lowest BCUT2D eigenvalue weighted by atomic mass is 10.1. The van der Waals surface area contributed by atoms with Crippen molar-refractivity contribution in [3.63, 3.8) is 0 Å². The van der Waals surface area contributed by atoms with Gasteiger partial charge in [0.05, 0.1) is 5.02 Å². The first-order valence-corrected chi connectivity index (χ1v) is 6.84. The molecule has 1 aromatic rings. The highest BCUT2D eigenvalue weighted by Crippen LogP contribution is 2.27. The van der Waals surface area contributed by atoms with Gasteiger partial charge in [-0.15, -0.1) is 0 Å². The molecule has 0 saturated carbocycles. The molecule has 0 amide bonds. The van der Waals surface area contributed by atoms with Gasteiger partial charge >= 0.3 is 5.97 Å². The number of carboxylic acids is 1. The third-order valence-corrected chi connectivity index (χ3v) is 3.82. The monoisotopic (exact) mass is 283 g/mol. The molecule has 0 aromatic heterocycles. The van der Waals surface area contributed by atoms with Gasteiger partial charge in [-0.1, -0.05) is 23.7 Å². The fraction of sp³-hybridized carbons (Fsp3) is 0.500. The minimum absolute atomic E-state index is 0.108. The van der Waals surface area contributed by atoms with Gasteiger partial charge in [-0.2, -0.15) is 0 Å². The van der Waals surface area contributed by atoms with E-state index in [0.717, 1.165) is 25.9 Å². The van der Waals surface area contributed by atoms with Crippen LogP contribution in [0.3, 0.4) is 0 Å². The largest absolute Gasteiger partial charge is 0.489 e. The molecule has 1 aromatic carbocycles. The quantitative estimate of drug-likeness (QED) is 0.923. The van der Waals surface area contributed by atoms with Crippen LogP contribution in [0, 0.1) is 0 Å².